The molecular formula is C38H82O12. The molecule has 0 aliphatic rings. The molecule has 0 saturated heterocycles. The van der Waals surface area contributed by atoms with Gasteiger partial charge in [-0.3, -0.25) is 15.8 Å². The smallest absolute Gasteiger partial charge is 0.450 e. The monoisotopic (exact) mass is 731 g/mol. The molecule has 7 N–H and O–H groups in total. The molecule has 0 saturated carbocycles. The van der Waals surface area contributed by atoms with Crippen molar-refractivity contribution in [2.75, 3.05) is 19.8 Å². The molecule has 0 heterocycles. The van der Waals surface area contributed by atoms with Crippen LogP contribution in [0.2, 0.25) is 0 Å². The second kappa shape index (κ2) is 62.4. The number of unbranched alkanes of at least 4 members (excludes halogenated alkanes) is 27. The first-order valence-electron chi connectivity index (χ1n) is 19.8. The molecule has 12 nitrogen and oxygen atoms in total. The largest absolute Gasteiger partial charge is 0.503 e. The predicted molar refractivity (Wildman–Crippen MR) is 203 cm³/mol. The molecular weight excluding hydrogens is 648 g/mol. The van der Waals surface area contributed by atoms with Gasteiger partial charge in [0, 0.05) is 0 Å². The highest BCUT2D eigenvalue weighted by atomic mass is 17.1. The van der Waals surface area contributed by atoms with Crippen molar-refractivity contribution in [1.29, 1.82) is 0 Å². The van der Waals surface area contributed by atoms with Gasteiger partial charge in [0.05, 0.1) is 19.8 Å². The molecule has 0 aliphatic carbocycles. The first kappa shape index (κ1) is 57.6. The van der Waals surface area contributed by atoms with Crippen LogP contribution in [-0.4, -0.2) is 68.3 Å². The van der Waals surface area contributed by atoms with E-state index in [9.17, 15) is 0 Å². The van der Waals surface area contributed by atoms with Crippen molar-refractivity contribution in [2.45, 2.75) is 213 Å². The Morgan fingerprint density at radius 1 is 0.300 bits per heavy atom. The quantitative estimate of drug-likeness (QED) is 0.0191. The van der Waals surface area contributed by atoms with Crippen LogP contribution in [0.1, 0.15) is 213 Å². The predicted octanol–water partition coefficient (Wildman–Crippen LogP) is 13.6. The Kier molecular flexibility index (Phi) is 72.0. The van der Waals surface area contributed by atoms with Crippen LogP contribution in [0, 0.1) is 0 Å². The SMILES string of the molecule is CCCCCCCCCCCCOO.CCCCCCCCCCCCOO.CCCCCCCCCCCCOO.O=C(O)O.O=C(O)O. The van der Waals surface area contributed by atoms with E-state index in [1.54, 1.807) is 0 Å². The molecule has 0 fully saturated rings. The number of hydrogen-bond acceptors (Lipinski definition) is 8. The van der Waals surface area contributed by atoms with Gasteiger partial charge in [-0.25, -0.2) is 24.3 Å². The average molecular weight is 731 g/mol. The van der Waals surface area contributed by atoms with E-state index in [0.717, 1.165) is 19.3 Å². The van der Waals surface area contributed by atoms with Gasteiger partial charge in [-0.2, -0.15) is 0 Å². The lowest BCUT2D eigenvalue weighted by Gasteiger charge is -2.01. The van der Waals surface area contributed by atoms with Crippen LogP contribution in [0.15, 0.2) is 0 Å². The van der Waals surface area contributed by atoms with Crippen LogP contribution >= 0.6 is 0 Å². The molecule has 0 aromatic heterocycles. The van der Waals surface area contributed by atoms with E-state index in [1.807, 2.05) is 0 Å². The highest BCUT2D eigenvalue weighted by Gasteiger charge is 1.94. The van der Waals surface area contributed by atoms with Crippen molar-refractivity contribution in [3.63, 3.8) is 0 Å². The summed E-state index contributed by atoms with van der Waals surface area (Å²) >= 11 is 0. The minimum Gasteiger partial charge on any atom is -0.450 e. The number of hydrogen-bond donors (Lipinski definition) is 7. The van der Waals surface area contributed by atoms with Crippen molar-refractivity contribution in [3.8, 4) is 0 Å². The molecule has 0 aromatic carbocycles. The van der Waals surface area contributed by atoms with Crippen LogP contribution in [-0.2, 0) is 14.7 Å². The number of rotatable bonds is 33. The summed E-state index contributed by atoms with van der Waals surface area (Å²) in [6.45, 7) is 8.25. The molecule has 0 spiro atoms. The lowest BCUT2D eigenvalue weighted by Crippen LogP contribution is -1.88. The standard InChI is InChI=1S/3C12H26O2.2CH2O3/c3*1-2-3-4-5-6-7-8-9-10-11-12-14-13;2*2-1(3)4/h3*13H,2-12H2,1H3;2*(H2,2,3,4). The fourth-order valence-corrected chi connectivity index (χ4v) is 4.96. The normalized spacial score (nSPS) is 9.96. The van der Waals surface area contributed by atoms with Crippen molar-refractivity contribution < 1.29 is 60.4 Å². The first-order valence-corrected chi connectivity index (χ1v) is 19.8. The molecule has 0 aliphatic heterocycles. The summed E-state index contributed by atoms with van der Waals surface area (Å²) in [4.78, 5) is 29.2. The highest BCUT2D eigenvalue weighted by molar-refractivity contribution is 5.53. The molecule has 0 rings (SSSR count). The summed E-state index contributed by atoms with van der Waals surface area (Å²) < 4.78 is 0. The minimum atomic E-state index is -1.83. The third kappa shape index (κ3) is 97.0. The van der Waals surface area contributed by atoms with Gasteiger partial charge in [-0.15, -0.1) is 0 Å². The van der Waals surface area contributed by atoms with Crippen molar-refractivity contribution >= 4 is 12.3 Å². The van der Waals surface area contributed by atoms with Gasteiger partial charge in [-0.1, -0.05) is 194 Å². The zero-order chi connectivity index (χ0) is 38.6. The van der Waals surface area contributed by atoms with E-state index >= 15 is 0 Å². The van der Waals surface area contributed by atoms with Crippen LogP contribution in [0.5, 0.6) is 0 Å². The van der Waals surface area contributed by atoms with E-state index in [2.05, 4.69) is 35.4 Å². The lowest BCUT2D eigenvalue weighted by molar-refractivity contribution is -0.242. The Morgan fingerprint density at radius 2 is 0.420 bits per heavy atom. The van der Waals surface area contributed by atoms with Crippen LogP contribution in [0.25, 0.3) is 0 Å². The maximum atomic E-state index is 8.56. The zero-order valence-corrected chi connectivity index (χ0v) is 32.5. The van der Waals surface area contributed by atoms with Crippen LogP contribution in [0.4, 0.5) is 9.59 Å². The third-order valence-electron chi connectivity index (χ3n) is 7.77. The Balaban J connectivity index is -0.000000182. The van der Waals surface area contributed by atoms with E-state index in [-0.39, 0.29) is 0 Å². The molecule has 12 heteroatoms. The summed E-state index contributed by atoms with van der Waals surface area (Å²) in [5.74, 6) is 0. The second-order valence-electron chi connectivity index (χ2n) is 12.6. The summed E-state index contributed by atoms with van der Waals surface area (Å²) in [6, 6.07) is 0. The summed E-state index contributed by atoms with van der Waals surface area (Å²) in [6.07, 6.45) is 35.8. The highest BCUT2D eigenvalue weighted by Crippen LogP contribution is 2.12. The Labute approximate surface area is 305 Å². The summed E-state index contributed by atoms with van der Waals surface area (Å²) in [7, 11) is 0. The Bertz CT molecular complexity index is 455. The number of carboxylic acid groups (broad SMARTS) is 4. The van der Waals surface area contributed by atoms with E-state index in [1.165, 1.54) is 173 Å². The van der Waals surface area contributed by atoms with Crippen LogP contribution < -0.4 is 0 Å². The van der Waals surface area contributed by atoms with Gasteiger partial charge in [0.15, 0.2) is 0 Å². The molecule has 0 atom stereocenters. The molecule has 0 aromatic rings. The Hall–Kier alpha value is -1.70. The lowest BCUT2D eigenvalue weighted by atomic mass is 10.1. The van der Waals surface area contributed by atoms with Crippen molar-refractivity contribution in [1.82, 2.24) is 0 Å². The Morgan fingerprint density at radius 3 is 0.540 bits per heavy atom. The molecule has 0 radical (unpaired) electrons. The van der Waals surface area contributed by atoms with E-state index < -0.39 is 12.3 Å². The molecule has 0 unspecified atom stereocenters. The third-order valence-corrected chi connectivity index (χ3v) is 7.77. The molecule has 50 heavy (non-hydrogen) atoms. The topological polar surface area (TPSA) is 203 Å². The zero-order valence-electron chi connectivity index (χ0n) is 32.5. The van der Waals surface area contributed by atoms with E-state index in [0.29, 0.717) is 19.8 Å². The number of carbonyl (C=O) groups is 2. The first-order chi connectivity index (χ1) is 24.2. The summed E-state index contributed by atoms with van der Waals surface area (Å²) in [5, 5.41) is 52.2. The van der Waals surface area contributed by atoms with Gasteiger partial charge in [-0.05, 0) is 19.3 Å². The minimum absolute atomic E-state index is 0.497. The molecule has 306 valence electrons. The van der Waals surface area contributed by atoms with Crippen LogP contribution in [0.3, 0.4) is 0 Å². The fraction of sp³-hybridized carbons (Fsp3) is 0.947. The summed E-state index contributed by atoms with van der Waals surface area (Å²) in [5.41, 5.74) is 0. The fourth-order valence-electron chi connectivity index (χ4n) is 4.96. The van der Waals surface area contributed by atoms with Crippen molar-refractivity contribution in [3.05, 3.63) is 0 Å². The van der Waals surface area contributed by atoms with Gasteiger partial charge >= 0.3 is 12.3 Å². The maximum Gasteiger partial charge on any atom is 0.503 e. The maximum absolute atomic E-state index is 8.56. The molecule has 0 bridgehead atoms. The van der Waals surface area contributed by atoms with Gasteiger partial charge in [0.25, 0.3) is 0 Å². The van der Waals surface area contributed by atoms with Gasteiger partial charge < -0.3 is 20.4 Å². The van der Waals surface area contributed by atoms with E-state index in [4.69, 9.17) is 45.8 Å². The van der Waals surface area contributed by atoms with Gasteiger partial charge in [0.2, 0.25) is 0 Å². The van der Waals surface area contributed by atoms with Crippen molar-refractivity contribution in [2.24, 2.45) is 0 Å². The van der Waals surface area contributed by atoms with Gasteiger partial charge in [0.1, 0.15) is 0 Å². The second-order valence-corrected chi connectivity index (χ2v) is 12.6. The average Bonchev–Trinajstić information content (AvgIpc) is 3.07. The molecule has 0 amide bonds.